The maximum Gasteiger partial charge on any atom is 0.326 e. The number of rotatable bonds is 15. The van der Waals surface area contributed by atoms with E-state index in [2.05, 4.69) is 51.2 Å². The lowest BCUT2D eigenvalue weighted by Crippen LogP contribution is -2.37. The molecule has 0 aliphatic heterocycles. The zero-order chi connectivity index (χ0) is 24.7. The van der Waals surface area contributed by atoms with Crippen LogP contribution in [0.1, 0.15) is 73.1 Å². The van der Waals surface area contributed by atoms with E-state index in [0.717, 1.165) is 44.1 Å². The minimum absolute atomic E-state index is 0.120. The molecule has 182 valence electrons. The van der Waals surface area contributed by atoms with Crippen molar-refractivity contribution in [1.29, 1.82) is 0 Å². The molecule has 8 heteroatoms. The van der Waals surface area contributed by atoms with Gasteiger partial charge in [-0.2, -0.15) is 0 Å². The first-order chi connectivity index (χ1) is 14.8. The van der Waals surface area contributed by atoms with Gasteiger partial charge >= 0.3 is 13.6 Å². The largest absolute Gasteiger partial charge is 0.481 e. The molecule has 0 bridgehead atoms. The first kappa shape index (κ1) is 30.0. The maximum atomic E-state index is 11.9. The van der Waals surface area contributed by atoms with E-state index in [0.29, 0.717) is 0 Å². The second-order valence-corrected chi connectivity index (χ2v) is 10.2. The standard InChI is InChI=1S/C24H40NO6P/c1-18(2)9-6-10-19(3)11-7-12-20(4)13-8-14-21(5)15-16-25-23(26)22(24(27)28)17-32(29,30)31/h9,11,13,15,22H,6-8,10,12,14,16-17H2,1-5H3,(H,25,26)(H,27,28)(H2,29,30,31)/b19-11+,20-13+,21-15+. The first-order valence-corrected chi connectivity index (χ1v) is 12.8. The number of hydrogen-bond donors (Lipinski definition) is 4. The van der Waals surface area contributed by atoms with Crippen molar-refractivity contribution in [3.8, 4) is 0 Å². The van der Waals surface area contributed by atoms with Gasteiger partial charge in [-0.3, -0.25) is 14.2 Å². The molecule has 1 amide bonds. The molecule has 1 atom stereocenters. The van der Waals surface area contributed by atoms with Crippen molar-refractivity contribution in [3.63, 3.8) is 0 Å². The van der Waals surface area contributed by atoms with Crippen molar-refractivity contribution < 1.29 is 29.0 Å². The average Bonchev–Trinajstić information content (AvgIpc) is 2.64. The van der Waals surface area contributed by atoms with Gasteiger partial charge in [-0.1, -0.05) is 46.6 Å². The highest BCUT2D eigenvalue weighted by Crippen LogP contribution is 2.36. The summed E-state index contributed by atoms with van der Waals surface area (Å²) in [5.74, 6) is -4.21. The molecular weight excluding hydrogens is 429 g/mol. The summed E-state index contributed by atoms with van der Waals surface area (Å²) >= 11 is 0. The SMILES string of the molecule is CC(C)=CCC/C(C)=C/CC/C(C)=C/CC/C(C)=C/CNC(=O)C(CP(=O)(O)O)C(=O)O. The van der Waals surface area contributed by atoms with Gasteiger partial charge in [0.05, 0.1) is 6.16 Å². The van der Waals surface area contributed by atoms with Gasteiger partial charge in [0.25, 0.3) is 0 Å². The zero-order valence-corrected chi connectivity index (χ0v) is 21.0. The van der Waals surface area contributed by atoms with Gasteiger partial charge in [0.15, 0.2) is 0 Å². The molecule has 0 aromatic heterocycles. The lowest BCUT2D eigenvalue weighted by molar-refractivity contribution is -0.146. The molecule has 7 nitrogen and oxygen atoms in total. The average molecular weight is 470 g/mol. The second kappa shape index (κ2) is 15.8. The van der Waals surface area contributed by atoms with Gasteiger partial charge in [-0.15, -0.1) is 0 Å². The summed E-state index contributed by atoms with van der Waals surface area (Å²) in [7, 11) is -4.60. The maximum absolute atomic E-state index is 11.9. The summed E-state index contributed by atoms with van der Waals surface area (Å²) in [5.41, 5.74) is 5.15. The van der Waals surface area contributed by atoms with Gasteiger partial charge in [0.1, 0.15) is 5.92 Å². The summed E-state index contributed by atoms with van der Waals surface area (Å²) in [6.07, 6.45) is 13.5. The fourth-order valence-corrected chi connectivity index (χ4v) is 3.74. The van der Waals surface area contributed by atoms with E-state index in [1.807, 2.05) is 6.92 Å². The Bertz CT molecular complexity index is 784. The summed E-state index contributed by atoms with van der Waals surface area (Å²) in [4.78, 5) is 40.8. The molecule has 0 spiro atoms. The van der Waals surface area contributed by atoms with Crippen molar-refractivity contribution >= 4 is 19.5 Å². The van der Waals surface area contributed by atoms with Crippen LogP contribution in [-0.2, 0) is 14.2 Å². The molecule has 32 heavy (non-hydrogen) atoms. The number of amides is 1. The van der Waals surface area contributed by atoms with Gasteiger partial charge < -0.3 is 20.2 Å². The highest BCUT2D eigenvalue weighted by atomic mass is 31.2. The van der Waals surface area contributed by atoms with Crippen molar-refractivity contribution in [1.82, 2.24) is 5.32 Å². The molecule has 0 rings (SSSR count). The quantitative estimate of drug-likeness (QED) is 0.150. The van der Waals surface area contributed by atoms with Crippen molar-refractivity contribution in [2.75, 3.05) is 12.7 Å². The number of carbonyl (C=O) groups excluding carboxylic acids is 1. The lowest BCUT2D eigenvalue weighted by Gasteiger charge is -2.12. The number of carboxylic acid groups (broad SMARTS) is 1. The summed E-state index contributed by atoms with van der Waals surface area (Å²) in [6.45, 7) is 10.6. The van der Waals surface area contributed by atoms with E-state index in [1.54, 1.807) is 6.08 Å². The van der Waals surface area contributed by atoms with Gasteiger partial charge in [0, 0.05) is 6.54 Å². The highest BCUT2D eigenvalue weighted by Gasteiger charge is 2.33. The van der Waals surface area contributed by atoms with Crippen LogP contribution in [0.15, 0.2) is 46.6 Å². The van der Waals surface area contributed by atoms with Crippen LogP contribution in [-0.4, -0.2) is 39.5 Å². The number of aliphatic carboxylic acids is 1. The van der Waals surface area contributed by atoms with E-state index in [1.165, 1.54) is 16.7 Å². The Balaban J connectivity index is 4.35. The molecule has 0 heterocycles. The molecule has 0 aromatic carbocycles. The normalized spacial score (nSPS) is 14.2. The summed E-state index contributed by atoms with van der Waals surface area (Å²) in [6, 6.07) is 0. The molecule has 0 saturated carbocycles. The van der Waals surface area contributed by atoms with Crippen LogP contribution >= 0.6 is 7.60 Å². The molecular formula is C24H40NO6P. The Hall–Kier alpha value is -1.95. The third-order valence-corrected chi connectivity index (χ3v) is 5.76. The van der Waals surface area contributed by atoms with E-state index >= 15 is 0 Å². The number of allylic oxidation sites excluding steroid dienone is 7. The molecule has 0 aliphatic rings. The molecule has 1 unspecified atom stereocenters. The van der Waals surface area contributed by atoms with Crippen molar-refractivity contribution in [3.05, 3.63) is 46.6 Å². The van der Waals surface area contributed by atoms with Crippen LogP contribution in [0.2, 0.25) is 0 Å². The third-order valence-electron chi connectivity index (χ3n) is 4.92. The highest BCUT2D eigenvalue weighted by molar-refractivity contribution is 7.51. The topological polar surface area (TPSA) is 124 Å². The minimum atomic E-state index is -4.60. The van der Waals surface area contributed by atoms with E-state index < -0.39 is 31.6 Å². The van der Waals surface area contributed by atoms with E-state index in [4.69, 9.17) is 14.9 Å². The smallest absolute Gasteiger partial charge is 0.326 e. The number of carbonyl (C=O) groups is 2. The Morgan fingerprint density at radius 1 is 0.812 bits per heavy atom. The predicted octanol–water partition coefficient (Wildman–Crippen LogP) is 5.13. The first-order valence-electron chi connectivity index (χ1n) is 11.0. The van der Waals surface area contributed by atoms with Crippen LogP contribution in [0.25, 0.3) is 0 Å². The number of hydrogen-bond acceptors (Lipinski definition) is 3. The van der Waals surface area contributed by atoms with Crippen LogP contribution in [0, 0.1) is 5.92 Å². The Kier molecular flexibility index (Phi) is 14.8. The zero-order valence-electron chi connectivity index (χ0n) is 20.1. The van der Waals surface area contributed by atoms with Crippen LogP contribution < -0.4 is 5.32 Å². The number of nitrogens with one attached hydrogen (secondary N) is 1. The van der Waals surface area contributed by atoms with Crippen LogP contribution in [0.4, 0.5) is 0 Å². The predicted molar refractivity (Wildman–Crippen MR) is 129 cm³/mol. The minimum Gasteiger partial charge on any atom is -0.481 e. The van der Waals surface area contributed by atoms with Crippen molar-refractivity contribution in [2.24, 2.45) is 5.92 Å². The molecule has 0 radical (unpaired) electrons. The summed E-state index contributed by atoms with van der Waals surface area (Å²) < 4.78 is 11.0. The Labute approximate surface area is 192 Å². The summed E-state index contributed by atoms with van der Waals surface area (Å²) in [5, 5.41) is 11.4. The number of carboxylic acids is 1. The Morgan fingerprint density at radius 3 is 1.66 bits per heavy atom. The van der Waals surface area contributed by atoms with Gasteiger partial charge in [-0.05, 0) is 73.1 Å². The molecule has 0 fully saturated rings. The Morgan fingerprint density at radius 2 is 1.25 bits per heavy atom. The van der Waals surface area contributed by atoms with E-state index in [9.17, 15) is 14.2 Å². The van der Waals surface area contributed by atoms with Crippen LogP contribution in [0.5, 0.6) is 0 Å². The molecule has 0 aliphatic carbocycles. The monoisotopic (exact) mass is 469 g/mol. The van der Waals surface area contributed by atoms with Gasteiger partial charge in [-0.25, -0.2) is 0 Å². The molecule has 4 N–H and O–H groups in total. The molecule has 0 saturated heterocycles. The second-order valence-electron chi connectivity index (χ2n) is 8.53. The third kappa shape index (κ3) is 16.7. The fourth-order valence-electron chi connectivity index (χ4n) is 2.95. The van der Waals surface area contributed by atoms with Gasteiger partial charge in [0.2, 0.25) is 5.91 Å². The molecule has 0 aromatic rings. The lowest BCUT2D eigenvalue weighted by atomic mass is 10.0. The van der Waals surface area contributed by atoms with Crippen molar-refractivity contribution in [2.45, 2.75) is 73.1 Å². The van der Waals surface area contributed by atoms with E-state index in [-0.39, 0.29) is 6.54 Å². The fraction of sp³-hybridized carbons (Fsp3) is 0.583. The van der Waals surface area contributed by atoms with Crippen LogP contribution in [0.3, 0.4) is 0 Å².